The highest BCUT2D eigenvalue weighted by Gasteiger charge is 2.60. The van der Waals surface area contributed by atoms with Crippen molar-refractivity contribution in [3.8, 4) is 5.75 Å². The summed E-state index contributed by atoms with van der Waals surface area (Å²) in [4.78, 5) is 16.4. The van der Waals surface area contributed by atoms with Crippen LogP contribution in [-0.4, -0.2) is 42.6 Å². The summed E-state index contributed by atoms with van der Waals surface area (Å²) in [6.45, 7) is 4.48. The lowest BCUT2D eigenvalue weighted by molar-refractivity contribution is -0.00138. The maximum Gasteiger partial charge on any atom is 0.261 e. The van der Waals surface area contributed by atoms with Gasteiger partial charge in [0.2, 0.25) is 0 Å². The van der Waals surface area contributed by atoms with Crippen molar-refractivity contribution in [2.45, 2.75) is 44.2 Å². The van der Waals surface area contributed by atoms with Crippen LogP contribution in [0, 0.1) is 12.8 Å². The predicted molar refractivity (Wildman–Crippen MR) is 101 cm³/mol. The van der Waals surface area contributed by atoms with Gasteiger partial charge >= 0.3 is 0 Å². The standard InChI is InChI=1S/C20H24N2O2S/c1-12-3-4-14-11-15(25-17(14)16(12)24-2)19(23)21-18-13-5-9-22(10-6-13)20(18)7-8-20/h3-4,11,13,18H,5-10H2,1-2H3,(H,21,23). The Balaban J connectivity index is 1.44. The molecule has 2 aromatic rings. The van der Waals surface area contributed by atoms with Gasteiger partial charge in [0, 0.05) is 5.54 Å². The molecule has 4 nitrogen and oxygen atoms in total. The lowest BCUT2D eigenvalue weighted by Gasteiger charge is -2.52. The molecule has 1 N–H and O–H groups in total. The zero-order chi connectivity index (χ0) is 17.2. The molecule has 1 unspecified atom stereocenters. The zero-order valence-electron chi connectivity index (χ0n) is 14.8. The summed E-state index contributed by atoms with van der Waals surface area (Å²) < 4.78 is 6.63. The molecule has 3 aliphatic heterocycles. The maximum atomic E-state index is 13.0. The third kappa shape index (κ3) is 2.25. The molecule has 1 amide bonds. The molecule has 1 saturated carbocycles. The quantitative estimate of drug-likeness (QED) is 0.914. The van der Waals surface area contributed by atoms with Gasteiger partial charge in [-0.15, -0.1) is 11.3 Å². The zero-order valence-corrected chi connectivity index (χ0v) is 15.6. The third-order valence-electron chi connectivity index (χ3n) is 6.53. The van der Waals surface area contributed by atoms with Crippen LogP contribution in [0.1, 0.15) is 40.9 Å². The Morgan fingerprint density at radius 2 is 2.08 bits per heavy atom. The summed E-state index contributed by atoms with van der Waals surface area (Å²) in [5.74, 6) is 1.64. The van der Waals surface area contributed by atoms with E-state index in [9.17, 15) is 4.79 Å². The van der Waals surface area contributed by atoms with Crippen LogP contribution in [0.5, 0.6) is 5.75 Å². The Hall–Kier alpha value is -1.59. The van der Waals surface area contributed by atoms with Gasteiger partial charge < -0.3 is 10.1 Å². The first-order chi connectivity index (χ1) is 12.1. The third-order valence-corrected chi connectivity index (χ3v) is 7.68. The number of carbonyl (C=O) groups excluding carboxylic acids is 1. The molecule has 25 heavy (non-hydrogen) atoms. The Kier molecular flexibility index (Phi) is 3.41. The van der Waals surface area contributed by atoms with E-state index in [2.05, 4.69) is 22.3 Å². The van der Waals surface area contributed by atoms with Crippen LogP contribution < -0.4 is 10.1 Å². The van der Waals surface area contributed by atoms with Gasteiger partial charge in [0.05, 0.1) is 22.7 Å². The highest BCUT2D eigenvalue weighted by Crippen LogP contribution is 2.53. The van der Waals surface area contributed by atoms with E-state index >= 15 is 0 Å². The molecule has 0 radical (unpaired) electrons. The molecule has 1 spiro atoms. The van der Waals surface area contributed by atoms with Gasteiger partial charge in [0.15, 0.2) is 0 Å². The van der Waals surface area contributed by atoms with E-state index in [0.29, 0.717) is 12.0 Å². The van der Waals surface area contributed by atoms with Gasteiger partial charge in [-0.3, -0.25) is 9.69 Å². The highest BCUT2D eigenvalue weighted by atomic mass is 32.1. The SMILES string of the molecule is COc1c(C)ccc2cc(C(=O)NC3C4CCN(CC4)C34CC4)sc12. The minimum Gasteiger partial charge on any atom is -0.495 e. The minimum atomic E-state index is 0.0888. The Morgan fingerprint density at radius 3 is 2.76 bits per heavy atom. The lowest BCUT2D eigenvalue weighted by atomic mass is 9.77. The largest absolute Gasteiger partial charge is 0.495 e. The first-order valence-electron chi connectivity index (χ1n) is 9.25. The van der Waals surface area contributed by atoms with Crippen molar-refractivity contribution in [2.24, 2.45) is 5.92 Å². The van der Waals surface area contributed by atoms with Crippen molar-refractivity contribution >= 4 is 27.3 Å². The van der Waals surface area contributed by atoms with Gasteiger partial charge in [-0.05, 0) is 68.6 Å². The fraction of sp³-hybridized carbons (Fsp3) is 0.550. The van der Waals surface area contributed by atoms with Crippen molar-refractivity contribution in [2.75, 3.05) is 20.2 Å². The molecule has 3 saturated heterocycles. The van der Waals surface area contributed by atoms with Crippen molar-refractivity contribution in [1.82, 2.24) is 10.2 Å². The van der Waals surface area contributed by atoms with Crippen LogP contribution in [0.25, 0.3) is 10.1 Å². The fourth-order valence-corrected chi connectivity index (χ4v) is 6.21. The van der Waals surface area contributed by atoms with E-state index in [1.807, 2.05) is 13.0 Å². The van der Waals surface area contributed by atoms with Crippen molar-refractivity contribution < 1.29 is 9.53 Å². The molecule has 4 heterocycles. The number of methoxy groups -OCH3 is 1. The van der Waals surface area contributed by atoms with Crippen LogP contribution in [0.15, 0.2) is 18.2 Å². The average molecular weight is 356 g/mol. The molecule has 5 heteroatoms. The smallest absolute Gasteiger partial charge is 0.261 e. The van der Waals surface area contributed by atoms with Gasteiger partial charge in [0.25, 0.3) is 5.91 Å². The van der Waals surface area contributed by atoms with E-state index in [0.717, 1.165) is 26.3 Å². The van der Waals surface area contributed by atoms with Crippen molar-refractivity contribution in [3.63, 3.8) is 0 Å². The number of nitrogens with one attached hydrogen (secondary N) is 1. The number of amides is 1. The Labute approximate surface area is 152 Å². The summed E-state index contributed by atoms with van der Waals surface area (Å²) in [5, 5.41) is 4.51. The molecule has 1 aromatic carbocycles. The van der Waals surface area contributed by atoms with Crippen LogP contribution >= 0.6 is 11.3 Å². The molecular formula is C20H24N2O2S. The molecule has 1 atom stereocenters. The molecule has 6 rings (SSSR count). The second-order valence-electron chi connectivity index (χ2n) is 7.82. The summed E-state index contributed by atoms with van der Waals surface area (Å²) in [6, 6.07) is 6.48. The first-order valence-corrected chi connectivity index (χ1v) is 10.1. The second kappa shape index (κ2) is 5.45. The van der Waals surface area contributed by atoms with Gasteiger partial charge in [-0.1, -0.05) is 12.1 Å². The lowest BCUT2D eigenvalue weighted by Crippen LogP contribution is -2.65. The topological polar surface area (TPSA) is 41.6 Å². The highest BCUT2D eigenvalue weighted by molar-refractivity contribution is 7.21. The number of carbonyl (C=O) groups is 1. The van der Waals surface area contributed by atoms with Gasteiger partial charge in [-0.25, -0.2) is 0 Å². The molecule has 4 aliphatic rings. The van der Waals surface area contributed by atoms with Gasteiger partial charge in [0.1, 0.15) is 5.75 Å². The van der Waals surface area contributed by atoms with Crippen molar-refractivity contribution in [1.29, 1.82) is 0 Å². The van der Waals surface area contributed by atoms with Crippen LogP contribution in [0.3, 0.4) is 0 Å². The Bertz CT molecular complexity index is 847. The number of thiophene rings is 1. The van der Waals surface area contributed by atoms with E-state index in [1.54, 1.807) is 18.4 Å². The van der Waals surface area contributed by atoms with Gasteiger partial charge in [-0.2, -0.15) is 0 Å². The minimum absolute atomic E-state index is 0.0888. The summed E-state index contributed by atoms with van der Waals surface area (Å²) in [7, 11) is 1.70. The second-order valence-corrected chi connectivity index (χ2v) is 8.88. The van der Waals surface area contributed by atoms with E-state index < -0.39 is 0 Å². The Morgan fingerprint density at radius 1 is 1.32 bits per heavy atom. The monoisotopic (exact) mass is 356 g/mol. The normalized spacial score (nSPS) is 29.1. The molecule has 4 fully saturated rings. The number of ether oxygens (including phenoxy) is 1. The van der Waals surface area contributed by atoms with Crippen LogP contribution in [-0.2, 0) is 0 Å². The van der Waals surface area contributed by atoms with E-state index in [4.69, 9.17) is 4.74 Å². The van der Waals surface area contributed by atoms with E-state index in [1.165, 1.54) is 38.8 Å². The molecule has 1 aromatic heterocycles. The first kappa shape index (κ1) is 15.6. The molecule has 2 bridgehead atoms. The fourth-order valence-electron chi connectivity index (χ4n) is 5.07. The van der Waals surface area contributed by atoms with Crippen LogP contribution in [0.4, 0.5) is 0 Å². The van der Waals surface area contributed by atoms with Crippen molar-refractivity contribution in [3.05, 3.63) is 28.6 Å². The molecule has 132 valence electrons. The number of benzene rings is 1. The molecular weight excluding hydrogens is 332 g/mol. The molecule has 1 aliphatic carbocycles. The summed E-state index contributed by atoms with van der Waals surface area (Å²) >= 11 is 1.55. The summed E-state index contributed by atoms with van der Waals surface area (Å²) in [5.41, 5.74) is 1.39. The number of nitrogens with zero attached hydrogens (tertiary/aromatic N) is 1. The van der Waals surface area contributed by atoms with E-state index in [-0.39, 0.29) is 11.4 Å². The van der Waals surface area contributed by atoms with Crippen LogP contribution in [0.2, 0.25) is 0 Å². The number of hydrogen-bond donors (Lipinski definition) is 1. The number of fused-ring (bicyclic) bond motifs is 3. The maximum absolute atomic E-state index is 13.0. The summed E-state index contributed by atoms with van der Waals surface area (Å²) in [6.07, 6.45) is 4.94. The number of aryl methyl sites for hydroxylation is 1. The average Bonchev–Trinajstić information content (AvgIpc) is 3.28. The number of piperidine rings is 3. The number of hydrogen-bond acceptors (Lipinski definition) is 4. The number of rotatable bonds is 3. The predicted octanol–water partition coefficient (Wildman–Crippen LogP) is 3.57.